The van der Waals surface area contributed by atoms with Crippen LogP contribution in [0.5, 0.6) is 11.5 Å². The first-order chi connectivity index (χ1) is 13.1. The number of benzene rings is 2. The fourth-order valence-electron chi connectivity index (χ4n) is 2.67. The molecule has 3 rings (SSSR count). The third-order valence-corrected chi connectivity index (χ3v) is 4.39. The van der Waals surface area contributed by atoms with E-state index in [1.165, 1.54) is 0 Å². The Bertz CT molecular complexity index is 917. The van der Waals surface area contributed by atoms with E-state index in [0.29, 0.717) is 12.4 Å². The number of rotatable bonds is 7. The fourth-order valence-corrected chi connectivity index (χ4v) is 2.67. The third kappa shape index (κ3) is 4.67. The molecule has 6 heteroatoms. The largest absolute Gasteiger partial charge is 0.497 e. The van der Waals surface area contributed by atoms with E-state index in [0.717, 1.165) is 28.2 Å². The van der Waals surface area contributed by atoms with Gasteiger partial charge in [0.25, 0.3) is 5.91 Å². The van der Waals surface area contributed by atoms with E-state index in [4.69, 9.17) is 9.47 Å². The van der Waals surface area contributed by atoms with Gasteiger partial charge >= 0.3 is 0 Å². The molecule has 0 aliphatic heterocycles. The number of amides is 1. The van der Waals surface area contributed by atoms with Crippen molar-refractivity contribution in [2.45, 2.75) is 20.4 Å². The van der Waals surface area contributed by atoms with E-state index in [1.54, 1.807) is 24.1 Å². The van der Waals surface area contributed by atoms with Crippen LogP contribution in [0.4, 0.5) is 5.82 Å². The molecule has 2 aromatic carbocycles. The number of aromatic nitrogens is 2. The Morgan fingerprint density at radius 3 is 2.63 bits per heavy atom. The van der Waals surface area contributed by atoms with Gasteiger partial charge in [-0.25, -0.2) is 4.68 Å². The summed E-state index contributed by atoms with van der Waals surface area (Å²) in [6, 6.07) is 15.3. The number of hydrogen-bond acceptors (Lipinski definition) is 4. The Hall–Kier alpha value is -3.28. The molecule has 0 fully saturated rings. The second-order valence-electron chi connectivity index (χ2n) is 6.26. The molecular formula is C21H23N3O3. The van der Waals surface area contributed by atoms with Crippen molar-refractivity contribution in [2.75, 3.05) is 19.0 Å². The first kappa shape index (κ1) is 18.5. The van der Waals surface area contributed by atoms with E-state index in [-0.39, 0.29) is 12.5 Å². The Morgan fingerprint density at radius 2 is 1.89 bits per heavy atom. The normalized spacial score (nSPS) is 10.5. The van der Waals surface area contributed by atoms with E-state index < -0.39 is 0 Å². The highest BCUT2D eigenvalue weighted by atomic mass is 16.5. The van der Waals surface area contributed by atoms with Crippen LogP contribution >= 0.6 is 0 Å². The Balaban J connectivity index is 1.60. The lowest BCUT2D eigenvalue weighted by molar-refractivity contribution is -0.118. The van der Waals surface area contributed by atoms with Crippen molar-refractivity contribution >= 4 is 11.7 Å². The minimum Gasteiger partial charge on any atom is -0.497 e. The molecule has 0 aliphatic rings. The highest BCUT2D eigenvalue weighted by Crippen LogP contribution is 2.20. The van der Waals surface area contributed by atoms with Gasteiger partial charge < -0.3 is 14.8 Å². The summed E-state index contributed by atoms with van der Waals surface area (Å²) in [7, 11) is 1.64. The SMILES string of the molecule is COc1ccc(Cn2nccc2NC(=O)COc2cccc(C)c2C)cc1. The monoisotopic (exact) mass is 365 g/mol. The zero-order valence-electron chi connectivity index (χ0n) is 15.7. The summed E-state index contributed by atoms with van der Waals surface area (Å²) < 4.78 is 12.6. The molecular weight excluding hydrogens is 342 g/mol. The van der Waals surface area contributed by atoms with Crippen LogP contribution in [0.3, 0.4) is 0 Å². The number of carbonyl (C=O) groups is 1. The molecule has 0 aliphatic carbocycles. The van der Waals surface area contributed by atoms with Gasteiger partial charge in [0.1, 0.15) is 17.3 Å². The van der Waals surface area contributed by atoms with Gasteiger partial charge in [-0.2, -0.15) is 5.10 Å². The second kappa shape index (κ2) is 8.40. The summed E-state index contributed by atoms with van der Waals surface area (Å²) in [5.41, 5.74) is 3.22. The van der Waals surface area contributed by atoms with Gasteiger partial charge in [-0.3, -0.25) is 4.79 Å². The van der Waals surface area contributed by atoms with Crippen molar-refractivity contribution < 1.29 is 14.3 Å². The summed E-state index contributed by atoms with van der Waals surface area (Å²) in [6.07, 6.45) is 1.66. The topological polar surface area (TPSA) is 65.4 Å². The van der Waals surface area contributed by atoms with Gasteiger partial charge in [-0.15, -0.1) is 0 Å². The molecule has 27 heavy (non-hydrogen) atoms. The average Bonchev–Trinajstić information content (AvgIpc) is 3.10. The van der Waals surface area contributed by atoms with Crippen molar-refractivity contribution in [3.8, 4) is 11.5 Å². The molecule has 0 bridgehead atoms. The number of hydrogen-bond donors (Lipinski definition) is 1. The molecule has 1 aromatic heterocycles. The van der Waals surface area contributed by atoms with Gasteiger partial charge in [0.2, 0.25) is 0 Å². The minimum absolute atomic E-state index is 0.0575. The van der Waals surface area contributed by atoms with Gasteiger partial charge in [0.05, 0.1) is 19.9 Å². The first-order valence-electron chi connectivity index (χ1n) is 8.70. The van der Waals surface area contributed by atoms with Crippen LogP contribution in [0.1, 0.15) is 16.7 Å². The number of methoxy groups -OCH3 is 1. The summed E-state index contributed by atoms with van der Waals surface area (Å²) in [6.45, 7) is 4.48. The first-order valence-corrected chi connectivity index (χ1v) is 8.70. The van der Waals surface area contributed by atoms with E-state index in [1.807, 2.05) is 56.3 Å². The molecule has 140 valence electrons. The molecule has 1 heterocycles. The van der Waals surface area contributed by atoms with Crippen LogP contribution in [-0.2, 0) is 11.3 Å². The fraction of sp³-hybridized carbons (Fsp3) is 0.238. The average molecular weight is 365 g/mol. The molecule has 0 saturated heterocycles. The number of aryl methyl sites for hydroxylation is 1. The van der Waals surface area contributed by atoms with Crippen molar-refractivity contribution in [3.05, 3.63) is 71.4 Å². The zero-order chi connectivity index (χ0) is 19.2. The molecule has 1 amide bonds. The third-order valence-electron chi connectivity index (χ3n) is 4.39. The molecule has 6 nitrogen and oxygen atoms in total. The predicted octanol–water partition coefficient (Wildman–Crippen LogP) is 3.57. The summed E-state index contributed by atoms with van der Waals surface area (Å²) in [4.78, 5) is 12.3. The van der Waals surface area contributed by atoms with Crippen LogP contribution in [0.2, 0.25) is 0 Å². The lowest BCUT2D eigenvalue weighted by Crippen LogP contribution is -2.22. The highest BCUT2D eigenvalue weighted by Gasteiger charge is 2.10. The molecule has 0 atom stereocenters. The lowest BCUT2D eigenvalue weighted by Gasteiger charge is -2.12. The Labute approximate surface area is 158 Å². The second-order valence-corrected chi connectivity index (χ2v) is 6.26. The lowest BCUT2D eigenvalue weighted by atomic mass is 10.1. The summed E-state index contributed by atoms with van der Waals surface area (Å²) in [5, 5.41) is 7.13. The molecule has 0 unspecified atom stereocenters. The predicted molar refractivity (Wildman–Crippen MR) is 104 cm³/mol. The molecule has 0 saturated carbocycles. The van der Waals surface area contributed by atoms with Crippen LogP contribution in [0.25, 0.3) is 0 Å². The van der Waals surface area contributed by atoms with Crippen molar-refractivity contribution in [1.29, 1.82) is 0 Å². The summed E-state index contributed by atoms with van der Waals surface area (Å²) >= 11 is 0. The van der Waals surface area contributed by atoms with Gasteiger partial charge in [-0.1, -0.05) is 24.3 Å². The number of nitrogens with zero attached hydrogens (tertiary/aromatic N) is 2. The van der Waals surface area contributed by atoms with Gasteiger partial charge in [0.15, 0.2) is 6.61 Å². The standard InChI is InChI=1S/C21H23N3O3/c1-15-5-4-6-19(16(15)2)27-14-21(25)23-20-11-12-22-24(20)13-17-7-9-18(26-3)10-8-17/h4-12H,13-14H2,1-3H3,(H,23,25). The van der Waals surface area contributed by atoms with Crippen LogP contribution in [0.15, 0.2) is 54.7 Å². The van der Waals surface area contributed by atoms with Gasteiger partial charge in [0, 0.05) is 6.07 Å². The highest BCUT2D eigenvalue weighted by molar-refractivity contribution is 5.91. The number of nitrogens with one attached hydrogen (secondary N) is 1. The van der Waals surface area contributed by atoms with E-state index in [9.17, 15) is 4.79 Å². The molecule has 3 aromatic rings. The van der Waals surface area contributed by atoms with Crippen molar-refractivity contribution in [3.63, 3.8) is 0 Å². The van der Waals surface area contributed by atoms with Crippen LogP contribution in [-0.4, -0.2) is 29.4 Å². The number of anilines is 1. The smallest absolute Gasteiger partial charge is 0.263 e. The summed E-state index contributed by atoms with van der Waals surface area (Å²) in [5.74, 6) is 1.92. The van der Waals surface area contributed by atoms with Crippen LogP contribution < -0.4 is 14.8 Å². The Kier molecular flexibility index (Phi) is 5.76. The number of ether oxygens (including phenoxy) is 2. The maximum Gasteiger partial charge on any atom is 0.263 e. The molecule has 0 spiro atoms. The van der Waals surface area contributed by atoms with Crippen molar-refractivity contribution in [1.82, 2.24) is 9.78 Å². The maximum atomic E-state index is 12.3. The van der Waals surface area contributed by atoms with Crippen LogP contribution in [0, 0.1) is 13.8 Å². The quantitative estimate of drug-likeness (QED) is 0.695. The zero-order valence-corrected chi connectivity index (χ0v) is 15.7. The molecule has 0 radical (unpaired) electrons. The number of carbonyl (C=O) groups excluding carboxylic acids is 1. The minimum atomic E-state index is -0.229. The van der Waals surface area contributed by atoms with Gasteiger partial charge in [-0.05, 0) is 48.7 Å². The van der Waals surface area contributed by atoms with E-state index in [2.05, 4.69) is 10.4 Å². The Morgan fingerprint density at radius 1 is 1.11 bits per heavy atom. The van der Waals surface area contributed by atoms with E-state index >= 15 is 0 Å². The van der Waals surface area contributed by atoms with Crippen molar-refractivity contribution in [2.24, 2.45) is 0 Å². The maximum absolute atomic E-state index is 12.3. The molecule has 1 N–H and O–H groups in total.